The largest absolute Gasteiger partial charge is 0.508 e. The summed E-state index contributed by atoms with van der Waals surface area (Å²) in [5.74, 6) is -7.74. The van der Waals surface area contributed by atoms with Gasteiger partial charge in [0, 0.05) is 13.0 Å². The molecule has 0 unspecified atom stereocenters. The summed E-state index contributed by atoms with van der Waals surface area (Å²) in [6, 6.07) is -4.12. The minimum Gasteiger partial charge on any atom is -0.508 e. The van der Waals surface area contributed by atoms with Crippen LogP contribution in [0.1, 0.15) is 113 Å². The average molecular weight is 976 g/mol. The van der Waals surface area contributed by atoms with Gasteiger partial charge in [-0.05, 0) is 85.8 Å². The Kier molecular flexibility index (Phi) is 26.9. The van der Waals surface area contributed by atoms with Crippen LogP contribution in [0.4, 0.5) is 0 Å². The van der Waals surface area contributed by atoms with Crippen LogP contribution >= 0.6 is 0 Å². The molecule has 7 amide bonds. The zero-order valence-electron chi connectivity index (χ0n) is 42.0. The third kappa shape index (κ3) is 23.7. The maximum absolute atomic E-state index is 14.4. The van der Waals surface area contributed by atoms with Gasteiger partial charge in [0.25, 0.3) is 0 Å². The van der Waals surface area contributed by atoms with Crippen molar-refractivity contribution in [2.75, 3.05) is 13.2 Å². The molecule has 1 aromatic carbocycles. The molecule has 1 aromatic rings. The SMILES string of the molecule is CC(C)C[C@H](NC(=O)[C@H](CC(C)C)NC(=O)[C@H](CC(C)C)NC(=O)[C@H](Cc1ccc(O)cc1)NC(=O)[C@H](CCCN=C(N)N)NC(=O)[C@@H](NC(=O)[C@H](CC(C)C)NC(=O)[C@@H](N)CO)C(C)C)C(=O)O. The summed E-state index contributed by atoms with van der Waals surface area (Å²) >= 11 is 0. The number of aliphatic imine (C=N–C) groups is 1. The molecule has 0 bridgehead atoms. The van der Waals surface area contributed by atoms with E-state index in [0.717, 1.165) is 0 Å². The van der Waals surface area contributed by atoms with Crippen LogP contribution in [0, 0.1) is 29.6 Å². The fourth-order valence-electron chi connectivity index (χ4n) is 7.15. The number of aliphatic hydroxyl groups is 1. The highest BCUT2D eigenvalue weighted by molar-refractivity contribution is 5.97. The van der Waals surface area contributed by atoms with E-state index < -0.39 is 108 Å². The average Bonchev–Trinajstić information content (AvgIpc) is 3.24. The number of carboxylic acid groups (broad SMARTS) is 1. The smallest absolute Gasteiger partial charge is 0.326 e. The highest BCUT2D eigenvalue weighted by Gasteiger charge is 2.36. The number of nitrogens with two attached hydrogens (primary N) is 3. The first-order chi connectivity index (χ1) is 32.1. The Morgan fingerprint density at radius 2 is 0.913 bits per heavy atom. The van der Waals surface area contributed by atoms with Crippen molar-refractivity contribution in [3.05, 3.63) is 29.8 Å². The number of carboxylic acids is 1. The predicted molar refractivity (Wildman–Crippen MR) is 261 cm³/mol. The first-order valence-electron chi connectivity index (χ1n) is 23.7. The van der Waals surface area contributed by atoms with Crippen molar-refractivity contribution in [1.29, 1.82) is 0 Å². The summed E-state index contributed by atoms with van der Waals surface area (Å²) < 4.78 is 0. The molecule has 0 radical (unpaired) electrons. The van der Waals surface area contributed by atoms with Gasteiger partial charge in [0.1, 0.15) is 54.1 Å². The molecule has 0 aliphatic rings. The fourth-order valence-corrected chi connectivity index (χ4v) is 7.15. The third-order valence-electron chi connectivity index (χ3n) is 10.7. The van der Waals surface area contributed by atoms with Gasteiger partial charge in [0.05, 0.1) is 6.61 Å². The maximum atomic E-state index is 14.4. The van der Waals surface area contributed by atoms with Gasteiger partial charge in [0.2, 0.25) is 41.4 Å². The molecule has 8 atom stereocenters. The number of phenols is 1. The zero-order valence-corrected chi connectivity index (χ0v) is 42.0. The van der Waals surface area contributed by atoms with Gasteiger partial charge in [0.15, 0.2) is 5.96 Å². The monoisotopic (exact) mass is 976 g/mol. The van der Waals surface area contributed by atoms with Crippen molar-refractivity contribution in [2.45, 2.75) is 163 Å². The molecule has 0 saturated carbocycles. The van der Waals surface area contributed by atoms with Crippen molar-refractivity contribution in [2.24, 2.45) is 51.8 Å². The van der Waals surface area contributed by atoms with Gasteiger partial charge in [-0.1, -0.05) is 81.4 Å². The van der Waals surface area contributed by atoms with Gasteiger partial charge in [-0.25, -0.2) is 4.79 Å². The quantitative estimate of drug-likeness (QED) is 0.0257. The number of rotatable bonds is 31. The van der Waals surface area contributed by atoms with Crippen LogP contribution in [0.2, 0.25) is 0 Å². The number of aliphatic hydroxyl groups excluding tert-OH is 1. The molecule has 0 aromatic heterocycles. The lowest BCUT2D eigenvalue weighted by Crippen LogP contribution is -2.61. The second-order valence-corrected chi connectivity index (χ2v) is 19.6. The van der Waals surface area contributed by atoms with Crippen molar-refractivity contribution in [3.8, 4) is 5.75 Å². The molecule has 0 aliphatic heterocycles. The van der Waals surface area contributed by atoms with E-state index in [1.165, 1.54) is 24.3 Å². The van der Waals surface area contributed by atoms with Crippen LogP contribution in [0.3, 0.4) is 0 Å². The number of carbonyl (C=O) groups is 8. The second kappa shape index (κ2) is 30.5. The number of hydrogen-bond acceptors (Lipinski definition) is 12. The standard InChI is InChI=1S/C47H81N11O11/c1-24(2)18-33(41(63)54-34(19-25(3)4)42(64)57-37(46(68)69)21-27(7)8)55-43(65)36(22-29-13-15-30(60)16-14-29)56-40(62)32(12-11-17-51-47(49)50)52-45(67)38(28(9)10)58-44(66)35(20-26(5)6)53-39(61)31(48)23-59/h13-16,24-28,31-38,59-60H,11-12,17-23,48H2,1-10H3,(H,52,67)(H,53,61)(H,54,63)(H,55,65)(H,56,62)(H,57,64)(H,58,66)(H,68,69)(H4,49,50,51)/t31-,32-,33-,34-,35-,36-,37-,38-/m0/s1. The first-order valence-corrected chi connectivity index (χ1v) is 23.7. The highest BCUT2D eigenvalue weighted by Crippen LogP contribution is 2.15. The highest BCUT2D eigenvalue weighted by atomic mass is 16.4. The van der Waals surface area contributed by atoms with E-state index in [-0.39, 0.29) is 86.9 Å². The number of benzene rings is 1. The number of aliphatic carboxylic acids is 1. The van der Waals surface area contributed by atoms with Gasteiger partial charge in [-0.3, -0.25) is 38.6 Å². The minimum absolute atomic E-state index is 0.0523. The van der Waals surface area contributed by atoms with Crippen LogP contribution in [0.25, 0.3) is 0 Å². The lowest BCUT2D eigenvalue weighted by Gasteiger charge is -2.29. The maximum Gasteiger partial charge on any atom is 0.326 e. The second-order valence-electron chi connectivity index (χ2n) is 19.6. The summed E-state index contributed by atoms with van der Waals surface area (Å²) in [6.07, 6.45) is 0.539. The third-order valence-corrected chi connectivity index (χ3v) is 10.7. The van der Waals surface area contributed by atoms with Gasteiger partial charge >= 0.3 is 5.97 Å². The Hall–Kier alpha value is -6.03. The fraction of sp³-hybridized carbons (Fsp3) is 0.681. The van der Waals surface area contributed by atoms with E-state index >= 15 is 0 Å². The summed E-state index contributed by atoms with van der Waals surface area (Å²) in [4.78, 5) is 113. The molecule has 22 heteroatoms. The van der Waals surface area contributed by atoms with Crippen LogP contribution in [-0.2, 0) is 44.8 Å². The van der Waals surface area contributed by atoms with Crippen molar-refractivity contribution < 1.29 is 53.7 Å². The normalized spacial score (nSPS) is 14.9. The van der Waals surface area contributed by atoms with Gasteiger partial charge in [-0.2, -0.15) is 0 Å². The number of hydrogen-bond donors (Lipinski definition) is 13. The molecular weight excluding hydrogens is 895 g/mol. The molecule has 69 heavy (non-hydrogen) atoms. The molecule has 22 nitrogen and oxygen atoms in total. The first kappa shape index (κ1) is 61.0. The van der Waals surface area contributed by atoms with E-state index in [1.807, 2.05) is 55.4 Å². The van der Waals surface area contributed by atoms with Crippen molar-refractivity contribution in [3.63, 3.8) is 0 Å². The summed E-state index contributed by atoms with van der Waals surface area (Å²) in [5.41, 5.74) is 17.2. The summed E-state index contributed by atoms with van der Waals surface area (Å²) in [6.45, 7) is 17.3. The summed E-state index contributed by atoms with van der Waals surface area (Å²) in [7, 11) is 0. The Labute approximate surface area is 406 Å². The molecule has 0 spiro atoms. The summed E-state index contributed by atoms with van der Waals surface area (Å²) in [5, 5.41) is 47.8. The molecule has 0 fully saturated rings. The molecule has 1 rings (SSSR count). The lowest BCUT2D eigenvalue weighted by atomic mass is 9.98. The number of carbonyl (C=O) groups excluding carboxylic acids is 7. The topological polar surface area (TPSA) is 372 Å². The van der Waals surface area contributed by atoms with Crippen molar-refractivity contribution >= 4 is 53.3 Å². The zero-order chi connectivity index (χ0) is 52.7. The Balaban J connectivity index is 3.64. The molecule has 0 saturated heterocycles. The van der Waals surface area contributed by atoms with E-state index in [2.05, 4.69) is 42.2 Å². The number of phenolic OH excluding ortho intramolecular Hbond substituents is 1. The van der Waals surface area contributed by atoms with Crippen LogP contribution in [-0.4, -0.2) is 130 Å². The van der Waals surface area contributed by atoms with Crippen LogP contribution in [0.15, 0.2) is 29.3 Å². The van der Waals surface area contributed by atoms with E-state index in [4.69, 9.17) is 17.2 Å². The molecule has 0 aliphatic carbocycles. The Morgan fingerprint density at radius 1 is 0.536 bits per heavy atom. The lowest BCUT2D eigenvalue weighted by molar-refractivity contribution is -0.143. The number of nitrogens with one attached hydrogen (secondary N) is 7. The molecular formula is C47H81N11O11. The van der Waals surface area contributed by atoms with Crippen LogP contribution < -0.4 is 54.4 Å². The van der Waals surface area contributed by atoms with Crippen LogP contribution in [0.5, 0.6) is 5.75 Å². The molecule has 0 heterocycles. The molecule has 16 N–H and O–H groups in total. The number of nitrogens with zero attached hydrogens (tertiary/aromatic N) is 1. The van der Waals surface area contributed by atoms with E-state index in [9.17, 15) is 53.7 Å². The number of guanidine groups is 1. The Morgan fingerprint density at radius 3 is 1.33 bits per heavy atom. The van der Waals surface area contributed by atoms with E-state index in [1.54, 1.807) is 13.8 Å². The molecule has 390 valence electrons. The van der Waals surface area contributed by atoms with Gasteiger partial charge in [-0.15, -0.1) is 0 Å². The minimum atomic E-state index is -1.39. The van der Waals surface area contributed by atoms with Crippen molar-refractivity contribution in [1.82, 2.24) is 37.2 Å². The number of aromatic hydroxyl groups is 1. The number of amides is 7. The van der Waals surface area contributed by atoms with E-state index in [0.29, 0.717) is 5.56 Å². The van der Waals surface area contributed by atoms with Gasteiger partial charge < -0.3 is 69.7 Å². The Bertz CT molecular complexity index is 1870. The predicted octanol–water partition coefficient (Wildman–Crippen LogP) is -0.374.